The average molecular weight is 419 g/mol. The first-order valence-corrected chi connectivity index (χ1v) is 9.90. The van der Waals surface area contributed by atoms with Crippen LogP contribution in [-0.2, 0) is 9.59 Å². The van der Waals surface area contributed by atoms with Gasteiger partial charge in [-0.05, 0) is 42.8 Å². The van der Waals surface area contributed by atoms with E-state index in [1.165, 1.54) is 0 Å². The maximum Gasteiger partial charge on any atom is 0.227 e. The summed E-state index contributed by atoms with van der Waals surface area (Å²) in [6.07, 6.45) is 0.389. The Kier molecular flexibility index (Phi) is 5.81. The predicted molar refractivity (Wildman–Crippen MR) is 106 cm³/mol. The van der Waals surface area contributed by atoms with Crippen LogP contribution < -0.4 is 10.2 Å². The van der Waals surface area contributed by atoms with Crippen molar-refractivity contribution in [3.8, 4) is 0 Å². The van der Waals surface area contributed by atoms with Crippen molar-refractivity contribution in [2.24, 2.45) is 0 Å². The minimum Gasteiger partial charge on any atom is -0.326 e. The van der Waals surface area contributed by atoms with Crippen LogP contribution in [0.25, 0.3) is 0 Å². The molecule has 25 heavy (non-hydrogen) atoms. The molecule has 0 fully saturated rings. The summed E-state index contributed by atoms with van der Waals surface area (Å²) < 4.78 is 1.00. The highest BCUT2D eigenvalue weighted by atomic mass is 79.9. The number of carbonyl (C=O) groups excluding carboxylic acids is 2. The highest BCUT2D eigenvalue weighted by molar-refractivity contribution is 9.10. The van der Waals surface area contributed by atoms with Gasteiger partial charge in [0.2, 0.25) is 11.8 Å². The van der Waals surface area contributed by atoms with Gasteiger partial charge in [-0.15, -0.1) is 11.8 Å². The summed E-state index contributed by atoms with van der Waals surface area (Å²) >= 11 is 5.20. The fraction of sp³-hybridized carbons (Fsp3) is 0.263. The number of rotatable bonds is 4. The number of nitrogens with zero attached hydrogens (tertiary/aromatic N) is 1. The molecule has 4 nitrogen and oxygen atoms in total. The van der Waals surface area contributed by atoms with E-state index in [-0.39, 0.29) is 24.7 Å². The SMILES string of the molecule is Cc1cc(NC(=O)CCC(=O)N2CCSc3ccccc32)ccc1Br. The molecule has 1 heterocycles. The Labute approximate surface area is 160 Å². The lowest BCUT2D eigenvalue weighted by Crippen LogP contribution is -2.35. The Morgan fingerprint density at radius 3 is 2.80 bits per heavy atom. The largest absolute Gasteiger partial charge is 0.326 e. The van der Waals surface area contributed by atoms with Crippen molar-refractivity contribution < 1.29 is 9.59 Å². The average Bonchev–Trinajstić information content (AvgIpc) is 2.62. The van der Waals surface area contributed by atoms with Gasteiger partial charge in [0.25, 0.3) is 0 Å². The molecule has 130 valence electrons. The number of hydrogen-bond donors (Lipinski definition) is 1. The normalized spacial score (nSPS) is 13.3. The number of carbonyl (C=O) groups is 2. The van der Waals surface area contributed by atoms with Crippen LogP contribution in [0.3, 0.4) is 0 Å². The smallest absolute Gasteiger partial charge is 0.227 e. The number of nitrogens with one attached hydrogen (secondary N) is 1. The molecule has 0 saturated heterocycles. The number of para-hydroxylation sites is 1. The highest BCUT2D eigenvalue weighted by Crippen LogP contribution is 2.34. The van der Waals surface area contributed by atoms with Crippen molar-refractivity contribution in [3.63, 3.8) is 0 Å². The Morgan fingerprint density at radius 2 is 2.00 bits per heavy atom. The molecule has 0 spiro atoms. The third-order valence-electron chi connectivity index (χ3n) is 4.04. The van der Waals surface area contributed by atoms with Gasteiger partial charge in [0.05, 0.1) is 5.69 Å². The quantitative estimate of drug-likeness (QED) is 0.787. The molecule has 6 heteroatoms. The topological polar surface area (TPSA) is 49.4 Å². The van der Waals surface area contributed by atoms with E-state index in [1.807, 2.05) is 49.4 Å². The molecule has 0 unspecified atom stereocenters. The lowest BCUT2D eigenvalue weighted by atomic mass is 10.2. The summed E-state index contributed by atoms with van der Waals surface area (Å²) in [5.74, 6) is 0.734. The molecule has 0 aliphatic carbocycles. The van der Waals surface area contributed by atoms with Crippen molar-refractivity contribution in [1.82, 2.24) is 0 Å². The number of benzene rings is 2. The Balaban J connectivity index is 1.57. The minimum atomic E-state index is -0.144. The number of thioether (sulfide) groups is 1. The van der Waals surface area contributed by atoms with Gasteiger partial charge in [-0.2, -0.15) is 0 Å². The van der Waals surface area contributed by atoms with E-state index in [4.69, 9.17) is 0 Å². The lowest BCUT2D eigenvalue weighted by Gasteiger charge is -2.29. The molecule has 1 aliphatic rings. The van der Waals surface area contributed by atoms with Gasteiger partial charge in [0, 0.05) is 40.2 Å². The number of fused-ring (bicyclic) bond motifs is 1. The summed E-state index contributed by atoms with van der Waals surface area (Å²) in [6, 6.07) is 13.6. The van der Waals surface area contributed by atoms with E-state index in [0.717, 1.165) is 32.1 Å². The van der Waals surface area contributed by atoms with E-state index in [1.54, 1.807) is 16.7 Å². The zero-order chi connectivity index (χ0) is 17.8. The third kappa shape index (κ3) is 4.44. The molecule has 0 bridgehead atoms. The third-order valence-corrected chi connectivity index (χ3v) is 5.97. The molecule has 0 atom stereocenters. The zero-order valence-electron chi connectivity index (χ0n) is 13.9. The summed E-state index contributed by atoms with van der Waals surface area (Å²) in [4.78, 5) is 27.6. The second-order valence-corrected chi connectivity index (χ2v) is 7.86. The lowest BCUT2D eigenvalue weighted by molar-refractivity contribution is -0.122. The Bertz CT molecular complexity index is 810. The number of halogens is 1. The number of amides is 2. The molecule has 0 aromatic heterocycles. The van der Waals surface area contributed by atoms with Gasteiger partial charge in [0.1, 0.15) is 0 Å². The minimum absolute atomic E-state index is 0.00473. The van der Waals surface area contributed by atoms with E-state index < -0.39 is 0 Å². The second kappa shape index (κ2) is 8.06. The number of anilines is 2. The van der Waals surface area contributed by atoms with E-state index in [0.29, 0.717) is 6.54 Å². The van der Waals surface area contributed by atoms with Crippen LogP contribution in [0.15, 0.2) is 51.8 Å². The Morgan fingerprint density at radius 1 is 1.20 bits per heavy atom. The summed E-state index contributed by atoms with van der Waals surface area (Å²) in [7, 11) is 0. The molecule has 1 N–H and O–H groups in total. The van der Waals surface area contributed by atoms with Crippen LogP contribution >= 0.6 is 27.7 Å². The van der Waals surface area contributed by atoms with E-state index >= 15 is 0 Å². The highest BCUT2D eigenvalue weighted by Gasteiger charge is 2.22. The second-order valence-electron chi connectivity index (χ2n) is 5.87. The van der Waals surface area contributed by atoms with Crippen molar-refractivity contribution >= 4 is 50.9 Å². The van der Waals surface area contributed by atoms with E-state index in [9.17, 15) is 9.59 Å². The van der Waals surface area contributed by atoms with E-state index in [2.05, 4.69) is 21.2 Å². The standard InChI is InChI=1S/C19H19BrN2O2S/c1-13-12-14(6-7-15(13)20)21-18(23)8-9-19(24)22-10-11-25-17-5-3-2-4-16(17)22/h2-7,12H,8-11H2,1H3,(H,21,23). The molecule has 2 aromatic rings. The Hall–Kier alpha value is -1.79. The molecule has 2 amide bonds. The van der Waals surface area contributed by atoms with Gasteiger partial charge in [-0.1, -0.05) is 28.1 Å². The number of hydrogen-bond acceptors (Lipinski definition) is 3. The maximum absolute atomic E-state index is 12.5. The molecule has 2 aromatic carbocycles. The van der Waals surface area contributed by atoms with Gasteiger partial charge in [-0.25, -0.2) is 0 Å². The van der Waals surface area contributed by atoms with Crippen LogP contribution in [0.4, 0.5) is 11.4 Å². The molecule has 1 aliphatic heterocycles. The zero-order valence-corrected chi connectivity index (χ0v) is 16.3. The predicted octanol–water partition coefficient (Wildman–Crippen LogP) is 4.62. The molecule has 3 rings (SSSR count). The first kappa shape index (κ1) is 18.0. The monoisotopic (exact) mass is 418 g/mol. The molecule has 0 radical (unpaired) electrons. The summed E-state index contributed by atoms with van der Waals surface area (Å²) in [5, 5.41) is 2.85. The van der Waals surface area contributed by atoms with Crippen LogP contribution in [0.5, 0.6) is 0 Å². The van der Waals surface area contributed by atoms with Gasteiger partial charge < -0.3 is 10.2 Å². The van der Waals surface area contributed by atoms with Crippen molar-refractivity contribution in [1.29, 1.82) is 0 Å². The van der Waals surface area contributed by atoms with Crippen molar-refractivity contribution in [2.45, 2.75) is 24.7 Å². The molecular weight excluding hydrogens is 400 g/mol. The van der Waals surface area contributed by atoms with Gasteiger partial charge >= 0.3 is 0 Å². The van der Waals surface area contributed by atoms with Crippen molar-refractivity contribution in [3.05, 3.63) is 52.5 Å². The first-order chi connectivity index (χ1) is 12.0. The van der Waals surface area contributed by atoms with Crippen LogP contribution in [0.2, 0.25) is 0 Å². The maximum atomic E-state index is 12.5. The first-order valence-electron chi connectivity index (χ1n) is 8.13. The summed E-state index contributed by atoms with van der Waals surface area (Å²) in [6.45, 7) is 2.66. The molecular formula is C19H19BrN2O2S. The molecule has 0 saturated carbocycles. The fourth-order valence-corrected chi connectivity index (χ4v) is 3.97. The fourth-order valence-electron chi connectivity index (χ4n) is 2.73. The van der Waals surface area contributed by atoms with Crippen molar-refractivity contribution in [2.75, 3.05) is 22.5 Å². The van der Waals surface area contributed by atoms with Crippen LogP contribution in [-0.4, -0.2) is 24.1 Å². The van der Waals surface area contributed by atoms with Crippen LogP contribution in [0.1, 0.15) is 18.4 Å². The summed E-state index contributed by atoms with van der Waals surface area (Å²) in [5.41, 5.74) is 2.75. The van der Waals surface area contributed by atoms with Crippen LogP contribution in [0, 0.1) is 6.92 Å². The van der Waals surface area contributed by atoms with Gasteiger partial charge in [-0.3, -0.25) is 9.59 Å². The van der Waals surface area contributed by atoms with Gasteiger partial charge in [0.15, 0.2) is 0 Å². The number of aryl methyl sites for hydroxylation is 1.